The van der Waals surface area contributed by atoms with Crippen molar-refractivity contribution >= 4 is 47.2 Å². The smallest absolute Gasteiger partial charge is 0.156 e. The monoisotopic (exact) mass is 437 g/mol. The number of benzene rings is 1. The van der Waals surface area contributed by atoms with Crippen LogP contribution in [0.1, 0.15) is 17.2 Å². The van der Waals surface area contributed by atoms with Crippen LogP contribution in [0.15, 0.2) is 42.9 Å². The van der Waals surface area contributed by atoms with Crippen LogP contribution in [0.3, 0.4) is 0 Å². The Labute approximate surface area is 151 Å². The molecule has 5 nitrogen and oxygen atoms in total. The standard InChI is InChI=1S/C16H16IN5S/c1-21-8-11-4-2-3-5-12(11)14(9-21)20-15-13-6-7-22(23-17)16(13)19-10-18-15/h2-7,10,14H,8-9H2,1H3,(H,18,19,20). The summed E-state index contributed by atoms with van der Waals surface area (Å²) in [7, 11) is 3.77. The van der Waals surface area contributed by atoms with Crippen LogP contribution >= 0.6 is 30.3 Å². The molecule has 0 saturated heterocycles. The van der Waals surface area contributed by atoms with Crippen molar-refractivity contribution in [2.24, 2.45) is 0 Å². The molecule has 0 amide bonds. The number of aromatic nitrogens is 3. The van der Waals surface area contributed by atoms with Crippen LogP contribution in [0.4, 0.5) is 5.82 Å². The Bertz CT molecular complexity index is 849. The highest BCUT2D eigenvalue weighted by Crippen LogP contribution is 2.32. The van der Waals surface area contributed by atoms with Gasteiger partial charge in [-0.1, -0.05) is 24.3 Å². The first-order chi connectivity index (χ1) is 11.3. The molecule has 0 bridgehead atoms. The van der Waals surface area contributed by atoms with Crippen LogP contribution in [-0.2, 0) is 6.54 Å². The zero-order chi connectivity index (χ0) is 15.8. The highest BCUT2D eigenvalue weighted by molar-refractivity contribution is 14.2. The molecular weight excluding hydrogens is 421 g/mol. The molecule has 7 heteroatoms. The summed E-state index contributed by atoms with van der Waals surface area (Å²) in [6.45, 7) is 1.96. The predicted octanol–water partition coefficient (Wildman–Crippen LogP) is 3.88. The third kappa shape index (κ3) is 2.81. The molecule has 0 saturated carbocycles. The quantitative estimate of drug-likeness (QED) is 0.631. The Balaban J connectivity index is 1.73. The fraction of sp³-hybridized carbons (Fsp3) is 0.250. The Morgan fingerprint density at radius 1 is 1.26 bits per heavy atom. The molecule has 1 aliphatic heterocycles. The van der Waals surface area contributed by atoms with Crippen LogP contribution in [0.5, 0.6) is 0 Å². The fourth-order valence-electron chi connectivity index (χ4n) is 3.17. The van der Waals surface area contributed by atoms with E-state index in [1.54, 1.807) is 15.4 Å². The van der Waals surface area contributed by atoms with Crippen molar-refractivity contribution in [3.05, 3.63) is 54.0 Å². The van der Waals surface area contributed by atoms with Gasteiger partial charge < -0.3 is 5.32 Å². The highest BCUT2D eigenvalue weighted by atomic mass is 127. The lowest BCUT2D eigenvalue weighted by Gasteiger charge is -2.33. The molecule has 1 aliphatic rings. The maximum absolute atomic E-state index is 4.48. The van der Waals surface area contributed by atoms with Gasteiger partial charge in [0.25, 0.3) is 0 Å². The second-order valence-electron chi connectivity index (χ2n) is 5.76. The minimum atomic E-state index is 0.235. The summed E-state index contributed by atoms with van der Waals surface area (Å²) in [4.78, 5) is 11.2. The zero-order valence-electron chi connectivity index (χ0n) is 12.6. The Hall–Kier alpha value is -1.32. The first kappa shape index (κ1) is 15.2. The van der Waals surface area contributed by atoms with Gasteiger partial charge in [0.05, 0.1) is 11.4 Å². The van der Waals surface area contributed by atoms with Gasteiger partial charge in [-0.05, 0) is 24.2 Å². The van der Waals surface area contributed by atoms with E-state index in [0.29, 0.717) is 0 Å². The van der Waals surface area contributed by atoms with Gasteiger partial charge in [0.1, 0.15) is 12.1 Å². The van der Waals surface area contributed by atoms with Crippen molar-refractivity contribution < 1.29 is 0 Å². The topological polar surface area (TPSA) is 46.0 Å². The molecule has 0 spiro atoms. The lowest BCUT2D eigenvalue weighted by atomic mass is 9.95. The number of nitrogens with one attached hydrogen (secondary N) is 1. The van der Waals surface area contributed by atoms with Gasteiger partial charge in [0.2, 0.25) is 0 Å². The van der Waals surface area contributed by atoms with E-state index in [1.807, 2.05) is 10.2 Å². The Morgan fingerprint density at radius 3 is 3.00 bits per heavy atom. The highest BCUT2D eigenvalue weighted by Gasteiger charge is 2.24. The van der Waals surface area contributed by atoms with E-state index in [2.05, 4.69) is 78.8 Å². The van der Waals surface area contributed by atoms with Crippen molar-refractivity contribution in [1.82, 2.24) is 18.8 Å². The summed E-state index contributed by atoms with van der Waals surface area (Å²) in [5.41, 5.74) is 3.68. The number of hydrogen-bond donors (Lipinski definition) is 1. The number of hydrogen-bond acceptors (Lipinski definition) is 5. The lowest BCUT2D eigenvalue weighted by Crippen LogP contribution is -2.34. The minimum absolute atomic E-state index is 0.235. The van der Waals surface area contributed by atoms with Crippen LogP contribution < -0.4 is 5.32 Å². The first-order valence-corrected chi connectivity index (χ1v) is 10.7. The van der Waals surface area contributed by atoms with E-state index in [1.165, 1.54) is 11.1 Å². The van der Waals surface area contributed by atoms with Crippen molar-refractivity contribution in [2.45, 2.75) is 12.6 Å². The third-order valence-electron chi connectivity index (χ3n) is 4.20. The van der Waals surface area contributed by atoms with Crippen molar-refractivity contribution in [2.75, 3.05) is 18.9 Å². The van der Waals surface area contributed by atoms with Gasteiger partial charge in [-0.2, -0.15) is 0 Å². The van der Waals surface area contributed by atoms with Gasteiger partial charge in [-0.25, -0.2) is 9.97 Å². The van der Waals surface area contributed by atoms with Gasteiger partial charge in [-0.3, -0.25) is 8.87 Å². The van der Waals surface area contributed by atoms with E-state index >= 15 is 0 Å². The predicted molar refractivity (Wildman–Crippen MR) is 104 cm³/mol. The molecule has 0 aliphatic carbocycles. The van der Waals surface area contributed by atoms with E-state index in [9.17, 15) is 0 Å². The molecular formula is C16H16IN5S. The molecule has 0 radical (unpaired) electrons. The summed E-state index contributed by atoms with van der Waals surface area (Å²) in [5.74, 6) is 0.898. The van der Waals surface area contributed by atoms with Crippen molar-refractivity contribution in [3.63, 3.8) is 0 Å². The lowest BCUT2D eigenvalue weighted by molar-refractivity contribution is 0.291. The van der Waals surface area contributed by atoms with E-state index < -0.39 is 0 Å². The molecule has 1 atom stereocenters. The molecule has 4 rings (SSSR count). The van der Waals surface area contributed by atoms with Crippen molar-refractivity contribution in [3.8, 4) is 0 Å². The van der Waals surface area contributed by atoms with Crippen LogP contribution in [0.25, 0.3) is 11.0 Å². The normalized spacial score (nSPS) is 18.1. The third-order valence-corrected chi connectivity index (χ3v) is 5.91. The van der Waals surface area contributed by atoms with Gasteiger partial charge >= 0.3 is 0 Å². The largest absolute Gasteiger partial charge is 0.361 e. The van der Waals surface area contributed by atoms with Gasteiger partial charge in [-0.15, -0.1) is 0 Å². The molecule has 3 heterocycles. The number of likely N-dealkylation sites (N-methyl/N-ethyl adjacent to an activating group) is 1. The number of anilines is 1. The summed E-state index contributed by atoms with van der Waals surface area (Å²) < 4.78 is 2.05. The van der Waals surface area contributed by atoms with Crippen LogP contribution in [0, 0.1) is 0 Å². The maximum Gasteiger partial charge on any atom is 0.156 e. The van der Waals surface area contributed by atoms with Crippen LogP contribution in [0.2, 0.25) is 0 Å². The van der Waals surface area contributed by atoms with Gasteiger partial charge in [0.15, 0.2) is 5.65 Å². The average molecular weight is 437 g/mol. The molecule has 1 N–H and O–H groups in total. The summed E-state index contributed by atoms with van der Waals surface area (Å²) >= 11 is 2.26. The number of rotatable bonds is 3. The van der Waals surface area contributed by atoms with E-state index in [0.717, 1.165) is 29.9 Å². The Kier molecular flexibility index (Phi) is 4.16. The summed E-state index contributed by atoms with van der Waals surface area (Å²) in [5, 5.41) is 4.69. The second kappa shape index (κ2) is 6.29. The molecule has 2 aromatic heterocycles. The zero-order valence-corrected chi connectivity index (χ0v) is 15.6. The summed E-state index contributed by atoms with van der Waals surface area (Å²) in [6, 6.07) is 10.9. The minimum Gasteiger partial charge on any atom is -0.361 e. The van der Waals surface area contributed by atoms with E-state index in [-0.39, 0.29) is 6.04 Å². The first-order valence-electron chi connectivity index (χ1n) is 7.40. The molecule has 1 unspecified atom stereocenters. The van der Waals surface area contributed by atoms with Crippen molar-refractivity contribution in [1.29, 1.82) is 0 Å². The number of nitrogens with zero attached hydrogens (tertiary/aromatic N) is 4. The molecule has 0 fully saturated rings. The van der Waals surface area contributed by atoms with E-state index in [4.69, 9.17) is 0 Å². The molecule has 3 aromatic rings. The second-order valence-corrected chi connectivity index (χ2v) is 7.48. The van der Waals surface area contributed by atoms with Gasteiger partial charge in [0, 0.05) is 49.6 Å². The number of halogens is 1. The fourth-order valence-corrected chi connectivity index (χ4v) is 4.44. The average Bonchev–Trinajstić information content (AvgIpc) is 2.99. The van der Waals surface area contributed by atoms with Crippen LogP contribution in [-0.4, -0.2) is 32.4 Å². The maximum atomic E-state index is 4.48. The Morgan fingerprint density at radius 2 is 2.13 bits per heavy atom. The summed E-state index contributed by atoms with van der Waals surface area (Å²) in [6.07, 6.45) is 3.66. The molecule has 1 aromatic carbocycles. The molecule has 23 heavy (non-hydrogen) atoms. The SMILES string of the molecule is CN1Cc2ccccc2C(Nc2ncnc3c2ccn3SI)C1. The number of fused-ring (bicyclic) bond motifs is 2. The molecule has 118 valence electrons.